The van der Waals surface area contributed by atoms with Crippen molar-refractivity contribution in [3.63, 3.8) is 0 Å². The van der Waals surface area contributed by atoms with Gasteiger partial charge < -0.3 is 19.4 Å². The van der Waals surface area contributed by atoms with E-state index >= 15 is 0 Å². The molecule has 19 heavy (non-hydrogen) atoms. The number of fused-ring (bicyclic) bond motifs is 1. The summed E-state index contributed by atoms with van der Waals surface area (Å²) in [6, 6.07) is 11.7. The van der Waals surface area contributed by atoms with Crippen molar-refractivity contribution in [1.82, 2.24) is 0 Å². The van der Waals surface area contributed by atoms with Gasteiger partial charge in [0.2, 0.25) is 0 Å². The SMILES string of the molecule is COc1cc(O)cc(-c2cc3ccc(O)cc3o2)c1. The highest BCUT2D eigenvalue weighted by atomic mass is 16.5. The fourth-order valence-corrected chi connectivity index (χ4v) is 2.01. The Balaban J connectivity index is 2.15. The lowest BCUT2D eigenvalue weighted by atomic mass is 10.1. The van der Waals surface area contributed by atoms with Crippen molar-refractivity contribution in [2.24, 2.45) is 0 Å². The van der Waals surface area contributed by atoms with E-state index in [2.05, 4.69) is 0 Å². The summed E-state index contributed by atoms with van der Waals surface area (Å²) in [5.74, 6) is 1.42. The first-order valence-electron chi connectivity index (χ1n) is 5.77. The molecule has 96 valence electrons. The highest BCUT2D eigenvalue weighted by Gasteiger charge is 2.09. The monoisotopic (exact) mass is 256 g/mol. The number of phenols is 2. The molecule has 0 fully saturated rings. The molecule has 0 radical (unpaired) electrons. The first kappa shape index (κ1) is 11.5. The normalized spacial score (nSPS) is 10.8. The van der Waals surface area contributed by atoms with Gasteiger partial charge in [0.15, 0.2) is 0 Å². The summed E-state index contributed by atoms with van der Waals surface area (Å²) >= 11 is 0. The second-order valence-electron chi connectivity index (χ2n) is 4.25. The number of ether oxygens (including phenoxy) is 1. The van der Waals surface area contributed by atoms with Gasteiger partial charge in [-0.3, -0.25) is 0 Å². The minimum atomic E-state index is 0.109. The zero-order valence-electron chi connectivity index (χ0n) is 10.3. The summed E-state index contributed by atoms with van der Waals surface area (Å²) in [5.41, 5.74) is 1.31. The van der Waals surface area contributed by atoms with Gasteiger partial charge in [-0.25, -0.2) is 0 Å². The van der Waals surface area contributed by atoms with Gasteiger partial charge in [-0.05, 0) is 30.3 Å². The fourth-order valence-electron chi connectivity index (χ4n) is 2.01. The van der Waals surface area contributed by atoms with Crippen LogP contribution in [-0.2, 0) is 0 Å². The third-order valence-electron chi connectivity index (χ3n) is 2.92. The van der Waals surface area contributed by atoms with Gasteiger partial charge in [-0.1, -0.05) is 0 Å². The molecule has 4 nitrogen and oxygen atoms in total. The summed E-state index contributed by atoms with van der Waals surface area (Å²) < 4.78 is 10.8. The molecule has 0 aliphatic rings. The predicted molar refractivity (Wildman–Crippen MR) is 71.5 cm³/mol. The summed E-state index contributed by atoms with van der Waals surface area (Å²) in [6.07, 6.45) is 0. The van der Waals surface area contributed by atoms with E-state index in [1.807, 2.05) is 6.07 Å². The lowest BCUT2D eigenvalue weighted by Gasteiger charge is -2.03. The van der Waals surface area contributed by atoms with E-state index in [4.69, 9.17) is 9.15 Å². The Labute approximate surface area is 109 Å². The third kappa shape index (κ3) is 2.08. The topological polar surface area (TPSA) is 62.8 Å². The molecule has 0 saturated carbocycles. The third-order valence-corrected chi connectivity index (χ3v) is 2.92. The van der Waals surface area contributed by atoms with Crippen molar-refractivity contribution in [1.29, 1.82) is 0 Å². The Kier molecular flexibility index (Phi) is 2.56. The molecule has 0 spiro atoms. The molecule has 1 aromatic heterocycles. The zero-order chi connectivity index (χ0) is 13.4. The van der Waals surface area contributed by atoms with E-state index in [1.165, 1.54) is 13.2 Å². The maximum Gasteiger partial charge on any atom is 0.138 e. The Bertz CT molecular complexity index is 743. The van der Waals surface area contributed by atoms with Crippen LogP contribution >= 0.6 is 0 Å². The van der Waals surface area contributed by atoms with Crippen molar-refractivity contribution in [3.05, 3.63) is 42.5 Å². The molecule has 0 unspecified atom stereocenters. The van der Waals surface area contributed by atoms with Crippen LogP contribution in [0.2, 0.25) is 0 Å². The number of phenolic OH excluding ortho intramolecular Hbond substituents is 2. The van der Waals surface area contributed by atoms with Crippen LogP contribution in [0.15, 0.2) is 46.9 Å². The molecule has 0 saturated heterocycles. The largest absolute Gasteiger partial charge is 0.508 e. The van der Waals surface area contributed by atoms with Crippen LogP contribution in [0, 0.1) is 0 Å². The minimum Gasteiger partial charge on any atom is -0.508 e. The van der Waals surface area contributed by atoms with E-state index < -0.39 is 0 Å². The highest BCUT2D eigenvalue weighted by Crippen LogP contribution is 2.33. The smallest absolute Gasteiger partial charge is 0.138 e. The van der Waals surface area contributed by atoms with Crippen LogP contribution in [0.5, 0.6) is 17.2 Å². The van der Waals surface area contributed by atoms with Crippen LogP contribution in [-0.4, -0.2) is 17.3 Å². The second-order valence-corrected chi connectivity index (χ2v) is 4.25. The van der Waals surface area contributed by atoms with Gasteiger partial charge >= 0.3 is 0 Å². The molecule has 0 aliphatic heterocycles. The van der Waals surface area contributed by atoms with Gasteiger partial charge in [-0.15, -0.1) is 0 Å². The Hall–Kier alpha value is -2.62. The number of methoxy groups -OCH3 is 1. The van der Waals surface area contributed by atoms with Gasteiger partial charge in [0.05, 0.1) is 7.11 Å². The summed E-state index contributed by atoms with van der Waals surface area (Å²) in [6.45, 7) is 0. The van der Waals surface area contributed by atoms with Crippen molar-refractivity contribution in [2.75, 3.05) is 7.11 Å². The zero-order valence-corrected chi connectivity index (χ0v) is 10.3. The maximum absolute atomic E-state index is 9.64. The minimum absolute atomic E-state index is 0.109. The first-order chi connectivity index (χ1) is 9.15. The van der Waals surface area contributed by atoms with Gasteiger partial charge in [0.1, 0.15) is 28.6 Å². The molecule has 2 aromatic carbocycles. The van der Waals surface area contributed by atoms with E-state index in [1.54, 1.807) is 30.3 Å². The van der Waals surface area contributed by atoms with Crippen LogP contribution in [0.1, 0.15) is 0 Å². The molecular weight excluding hydrogens is 244 g/mol. The van der Waals surface area contributed by atoms with E-state index in [9.17, 15) is 10.2 Å². The molecule has 3 aromatic rings. The van der Waals surface area contributed by atoms with Gasteiger partial charge in [0, 0.05) is 23.1 Å². The van der Waals surface area contributed by atoms with Gasteiger partial charge in [-0.2, -0.15) is 0 Å². The number of benzene rings is 2. The highest BCUT2D eigenvalue weighted by molar-refractivity contribution is 5.84. The average Bonchev–Trinajstić information content (AvgIpc) is 2.80. The Morgan fingerprint density at radius 1 is 0.947 bits per heavy atom. The molecular formula is C15H12O4. The molecule has 1 heterocycles. The number of hydrogen-bond donors (Lipinski definition) is 2. The van der Waals surface area contributed by atoms with Crippen LogP contribution in [0.25, 0.3) is 22.3 Å². The van der Waals surface area contributed by atoms with Crippen molar-refractivity contribution >= 4 is 11.0 Å². The van der Waals surface area contributed by atoms with Crippen LogP contribution < -0.4 is 4.74 Å². The number of aromatic hydroxyl groups is 2. The van der Waals surface area contributed by atoms with Crippen molar-refractivity contribution < 1.29 is 19.4 Å². The Morgan fingerprint density at radius 3 is 2.58 bits per heavy atom. The molecule has 0 atom stereocenters. The lowest BCUT2D eigenvalue weighted by molar-refractivity contribution is 0.407. The van der Waals surface area contributed by atoms with Crippen molar-refractivity contribution in [3.8, 4) is 28.6 Å². The molecule has 2 N–H and O–H groups in total. The summed E-state index contributed by atoms with van der Waals surface area (Å²) in [4.78, 5) is 0. The van der Waals surface area contributed by atoms with Crippen molar-refractivity contribution in [2.45, 2.75) is 0 Å². The fraction of sp³-hybridized carbons (Fsp3) is 0.0667. The number of rotatable bonds is 2. The Morgan fingerprint density at radius 2 is 1.79 bits per heavy atom. The van der Waals surface area contributed by atoms with Crippen LogP contribution in [0.4, 0.5) is 0 Å². The van der Waals surface area contributed by atoms with E-state index in [-0.39, 0.29) is 11.5 Å². The predicted octanol–water partition coefficient (Wildman–Crippen LogP) is 3.52. The number of hydrogen-bond acceptors (Lipinski definition) is 4. The molecule has 0 amide bonds. The average molecular weight is 256 g/mol. The standard InChI is InChI=1S/C15H12O4/c1-18-13-5-10(4-12(17)7-13)14-6-9-2-3-11(16)8-15(9)19-14/h2-8,16-17H,1H3. The first-order valence-corrected chi connectivity index (χ1v) is 5.77. The molecule has 3 rings (SSSR count). The summed E-state index contributed by atoms with van der Waals surface area (Å²) in [7, 11) is 1.54. The molecule has 0 aliphatic carbocycles. The second kappa shape index (κ2) is 4.24. The number of furan rings is 1. The summed E-state index contributed by atoms with van der Waals surface area (Å²) in [5, 5.41) is 19.9. The maximum atomic E-state index is 9.64. The molecule has 0 bridgehead atoms. The quantitative estimate of drug-likeness (QED) is 0.736. The van der Waals surface area contributed by atoms with Crippen LogP contribution in [0.3, 0.4) is 0 Å². The van der Waals surface area contributed by atoms with Gasteiger partial charge in [0.25, 0.3) is 0 Å². The van der Waals surface area contributed by atoms with E-state index in [0.29, 0.717) is 22.7 Å². The molecule has 4 heteroatoms. The van der Waals surface area contributed by atoms with E-state index in [0.717, 1.165) is 5.39 Å². The lowest BCUT2D eigenvalue weighted by Crippen LogP contribution is -1.83.